The molecule has 2 aromatic rings. The molecule has 150 valence electrons. The molecule has 1 amide bonds. The van der Waals surface area contributed by atoms with Crippen LogP contribution in [-0.4, -0.2) is 40.6 Å². The van der Waals surface area contributed by atoms with E-state index in [0.717, 1.165) is 10.8 Å². The molecule has 2 aromatic carbocycles. The fourth-order valence-electron chi connectivity index (χ4n) is 3.42. The maximum atomic E-state index is 13.5. The number of hydrogen-bond acceptors (Lipinski definition) is 4. The highest BCUT2D eigenvalue weighted by Gasteiger charge is 2.47. The van der Waals surface area contributed by atoms with Crippen molar-refractivity contribution in [1.82, 2.24) is 4.90 Å². The Balaban J connectivity index is 1.93. The van der Waals surface area contributed by atoms with E-state index in [1.54, 1.807) is 16.7 Å². The Morgan fingerprint density at radius 1 is 1.14 bits per heavy atom. The number of esters is 1. The number of thioether (sulfide) groups is 1. The molecule has 28 heavy (non-hydrogen) atoms. The quantitative estimate of drug-likeness (QED) is 0.681. The topological polar surface area (TPSA) is 46.6 Å². The Morgan fingerprint density at radius 3 is 2.46 bits per heavy atom. The first-order valence-corrected chi connectivity index (χ1v) is 10.8. The Labute approximate surface area is 171 Å². The van der Waals surface area contributed by atoms with Gasteiger partial charge in [-0.25, -0.2) is 4.79 Å². The third-order valence-corrected chi connectivity index (χ3v) is 6.56. The van der Waals surface area contributed by atoms with Crippen molar-refractivity contribution >= 4 is 34.4 Å². The van der Waals surface area contributed by atoms with E-state index in [1.165, 1.54) is 0 Å². The summed E-state index contributed by atoms with van der Waals surface area (Å²) in [5.41, 5.74) is 0.460. The van der Waals surface area contributed by atoms with Gasteiger partial charge in [0.2, 0.25) is 0 Å². The van der Waals surface area contributed by atoms with E-state index in [4.69, 9.17) is 4.74 Å². The molecule has 0 radical (unpaired) electrons. The molecule has 3 rings (SSSR count). The largest absolute Gasteiger partial charge is 0.464 e. The zero-order valence-corrected chi connectivity index (χ0v) is 18.1. The van der Waals surface area contributed by atoms with Crippen molar-refractivity contribution in [3.63, 3.8) is 0 Å². The summed E-state index contributed by atoms with van der Waals surface area (Å²) in [6.45, 7) is 10.7. The van der Waals surface area contributed by atoms with Gasteiger partial charge in [0.25, 0.3) is 5.91 Å². The van der Waals surface area contributed by atoms with Crippen LogP contribution in [0.3, 0.4) is 0 Å². The summed E-state index contributed by atoms with van der Waals surface area (Å²) in [6, 6.07) is 13.2. The predicted molar refractivity (Wildman–Crippen MR) is 115 cm³/mol. The van der Waals surface area contributed by atoms with Crippen LogP contribution in [0.1, 0.15) is 45.0 Å². The summed E-state index contributed by atoms with van der Waals surface area (Å²) in [5, 5.41) is 2.03. The fraction of sp³-hybridized carbons (Fsp3) is 0.478. The van der Waals surface area contributed by atoms with Gasteiger partial charge in [-0.1, -0.05) is 65.0 Å². The number of hydrogen-bond donors (Lipinski definition) is 0. The third kappa shape index (κ3) is 4.35. The molecular formula is C23H29NO3S. The molecule has 0 aromatic heterocycles. The standard InChI is InChI=1S/C23H29NO3S/c1-15(2)13-27-21(26)19-14-28-22(23(3,4)5)24(19)20(25)18-11-10-16-8-6-7-9-17(16)12-18/h6-12,15,19,22H,13-14H2,1-5H3. The summed E-state index contributed by atoms with van der Waals surface area (Å²) < 4.78 is 5.49. The summed E-state index contributed by atoms with van der Waals surface area (Å²) >= 11 is 1.66. The van der Waals surface area contributed by atoms with E-state index < -0.39 is 6.04 Å². The van der Waals surface area contributed by atoms with E-state index >= 15 is 0 Å². The normalized spacial score (nSPS) is 20.0. The molecule has 0 aliphatic carbocycles. The molecule has 1 fully saturated rings. The summed E-state index contributed by atoms with van der Waals surface area (Å²) in [7, 11) is 0. The second kappa shape index (κ2) is 8.16. The molecule has 4 nitrogen and oxygen atoms in total. The van der Waals surface area contributed by atoms with Crippen molar-refractivity contribution in [2.75, 3.05) is 12.4 Å². The van der Waals surface area contributed by atoms with Gasteiger partial charge in [0.1, 0.15) is 6.04 Å². The fourth-order valence-corrected chi connectivity index (χ4v) is 4.98. The van der Waals surface area contributed by atoms with Gasteiger partial charge in [-0.2, -0.15) is 0 Å². The van der Waals surface area contributed by atoms with Gasteiger partial charge in [-0.05, 0) is 34.2 Å². The van der Waals surface area contributed by atoms with Crippen molar-refractivity contribution < 1.29 is 14.3 Å². The van der Waals surface area contributed by atoms with Crippen LogP contribution in [0.5, 0.6) is 0 Å². The zero-order valence-electron chi connectivity index (χ0n) is 17.3. The van der Waals surface area contributed by atoms with Crippen LogP contribution < -0.4 is 0 Å². The average molecular weight is 400 g/mol. The van der Waals surface area contributed by atoms with Crippen LogP contribution in [0, 0.1) is 11.3 Å². The monoisotopic (exact) mass is 399 g/mol. The molecule has 0 bridgehead atoms. The molecule has 0 spiro atoms. The van der Waals surface area contributed by atoms with Gasteiger partial charge in [0.15, 0.2) is 0 Å². The molecule has 1 heterocycles. The molecule has 5 heteroatoms. The Bertz CT molecular complexity index is 872. The number of carbonyl (C=O) groups is 2. The van der Waals surface area contributed by atoms with Crippen molar-refractivity contribution in [3.05, 3.63) is 48.0 Å². The maximum absolute atomic E-state index is 13.5. The molecule has 1 aliphatic heterocycles. The number of ether oxygens (including phenoxy) is 1. The van der Waals surface area contributed by atoms with Crippen molar-refractivity contribution in [1.29, 1.82) is 0 Å². The molecular weight excluding hydrogens is 370 g/mol. The number of rotatable bonds is 4. The second-order valence-electron chi connectivity index (χ2n) is 8.87. The highest BCUT2D eigenvalue weighted by Crippen LogP contribution is 2.41. The highest BCUT2D eigenvalue weighted by atomic mass is 32.2. The van der Waals surface area contributed by atoms with Crippen LogP contribution in [0.15, 0.2) is 42.5 Å². The molecule has 0 N–H and O–H groups in total. The minimum Gasteiger partial charge on any atom is -0.464 e. The smallest absolute Gasteiger partial charge is 0.329 e. The number of amides is 1. The average Bonchev–Trinajstić information content (AvgIpc) is 3.10. The molecule has 1 aliphatic rings. The number of fused-ring (bicyclic) bond motifs is 1. The minimum absolute atomic E-state index is 0.0805. The Morgan fingerprint density at radius 2 is 1.82 bits per heavy atom. The van der Waals surface area contributed by atoms with E-state index in [9.17, 15) is 9.59 Å². The van der Waals surface area contributed by atoms with Crippen molar-refractivity contribution in [3.8, 4) is 0 Å². The second-order valence-corrected chi connectivity index (χ2v) is 9.98. The van der Waals surface area contributed by atoms with Crippen LogP contribution in [0.2, 0.25) is 0 Å². The summed E-state index contributed by atoms with van der Waals surface area (Å²) in [5.74, 6) is 0.420. The predicted octanol–water partition coefficient (Wildman–Crippen LogP) is 4.97. The van der Waals surface area contributed by atoms with E-state index in [2.05, 4.69) is 20.8 Å². The van der Waals surface area contributed by atoms with E-state index in [-0.39, 0.29) is 28.6 Å². The lowest BCUT2D eigenvalue weighted by Gasteiger charge is -2.36. The number of benzene rings is 2. The van der Waals surface area contributed by atoms with E-state index in [0.29, 0.717) is 17.9 Å². The molecule has 2 atom stereocenters. The van der Waals surface area contributed by atoms with Crippen LogP contribution in [0.4, 0.5) is 0 Å². The zero-order chi connectivity index (χ0) is 20.5. The molecule has 1 saturated heterocycles. The Kier molecular flexibility index (Phi) is 6.04. The van der Waals surface area contributed by atoms with Crippen LogP contribution >= 0.6 is 11.8 Å². The first-order valence-electron chi connectivity index (χ1n) is 9.78. The van der Waals surface area contributed by atoms with Gasteiger partial charge in [-0.3, -0.25) is 4.79 Å². The SMILES string of the molecule is CC(C)COC(=O)C1CSC(C(C)(C)C)N1C(=O)c1ccc2ccccc2c1. The first kappa shape index (κ1) is 20.7. The lowest BCUT2D eigenvalue weighted by Crippen LogP contribution is -2.50. The third-order valence-electron chi connectivity index (χ3n) is 4.80. The van der Waals surface area contributed by atoms with Gasteiger partial charge in [-0.15, -0.1) is 11.8 Å². The lowest BCUT2D eigenvalue weighted by molar-refractivity contribution is -0.149. The lowest BCUT2D eigenvalue weighted by atomic mass is 9.94. The number of carbonyl (C=O) groups excluding carboxylic acids is 2. The molecule has 2 unspecified atom stereocenters. The van der Waals surface area contributed by atoms with Crippen molar-refractivity contribution in [2.24, 2.45) is 11.3 Å². The minimum atomic E-state index is -0.549. The van der Waals surface area contributed by atoms with E-state index in [1.807, 2.05) is 56.3 Å². The maximum Gasteiger partial charge on any atom is 0.329 e. The van der Waals surface area contributed by atoms with Gasteiger partial charge >= 0.3 is 5.97 Å². The molecule has 0 saturated carbocycles. The van der Waals surface area contributed by atoms with Gasteiger partial charge < -0.3 is 9.64 Å². The highest BCUT2D eigenvalue weighted by molar-refractivity contribution is 8.00. The summed E-state index contributed by atoms with van der Waals surface area (Å²) in [6.07, 6.45) is 0. The van der Waals surface area contributed by atoms with Crippen LogP contribution in [-0.2, 0) is 9.53 Å². The first-order chi connectivity index (χ1) is 13.2. The van der Waals surface area contributed by atoms with Crippen LogP contribution in [0.25, 0.3) is 10.8 Å². The van der Waals surface area contributed by atoms with Gasteiger partial charge in [0.05, 0.1) is 12.0 Å². The Hall–Kier alpha value is -2.01. The van der Waals surface area contributed by atoms with Crippen molar-refractivity contribution in [2.45, 2.75) is 46.0 Å². The number of nitrogens with zero attached hydrogens (tertiary/aromatic N) is 1. The van der Waals surface area contributed by atoms with Gasteiger partial charge in [0, 0.05) is 11.3 Å². The summed E-state index contributed by atoms with van der Waals surface area (Å²) in [4.78, 5) is 28.0.